The number of ether oxygens (including phenoxy) is 1. The van der Waals surface area contributed by atoms with Gasteiger partial charge in [-0.2, -0.15) is 0 Å². The van der Waals surface area contributed by atoms with Crippen LogP contribution in [0.4, 0.5) is 0 Å². The van der Waals surface area contributed by atoms with Crippen molar-refractivity contribution in [2.24, 2.45) is 0 Å². The van der Waals surface area contributed by atoms with Crippen molar-refractivity contribution in [3.8, 4) is 5.75 Å². The molecule has 0 aromatic heterocycles. The Balaban J connectivity index is 1.80. The molecule has 3 heteroatoms. The fraction of sp³-hybridized carbons (Fsp3) is 0.647. The maximum absolute atomic E-state index is 5.20. The van der Waals surface area contributed by atoms with Crippen molar-refractivity contribution >= 4 is 0 Å². The molecule has 1 aliphatic rings. The van der Waals surface area contributed by atoms with Crippen LogP contribution in [0.25, 0.3) is 0 Å². The van der Waals surface area contributed by atoms with E-state index in [1.165, 1.54) is 37.9 Å². The van der Waals surface area contributed by atoms with Gasteiger partial charge >= 0.3 is 0 Å². The molecule has 1 fully saturated rings. The molecular formula is C17H28N2O. The summed E-state index contributed by atoms with van der Waals surface area (Å²) in [6, 6.07) is 9.80. The highest BCUT2D eigenvalue weighted by Crippen LogP contribution is 2.18. The molecule has 20 heavy (non-hydrogen) atoms. The number of hydrogen-bond acceptors (Lipinski definition) is 3. The van der Waals surface area contributed by atoms with E-state index in [-0.39, 0.29) is 0 Å². The predicted molar refractivity (Wildman–Crippen MR) is 84.4 cm³/mol. The van der Waals surface area contributed by atoms with Gasteiger partial charge < -0.3 is 10.1 Å². The number of benzene rings is 1. The smallest absolute Gasteiger partial charge is 0.118 e. The van der Waals surface area contributed by atoms with E-state index in [9.17, 15) is 0 Å². The summed E-state index contributed by atoms with van der Waals surface area (Å²) in [6.45, 7) is 4.81. The minimum atomic E-state index is 0.660. The first kappa shape index (κ1) is 15.3. The van der Waals surface area contributed by atoms with Crippen LogP contribution in [-0.4, -0.2) is 44.2 Å². The van der Waals surface area contributed by atoms with Crippen LogP contribution in [-0.2, 0) is 6.42 Å². The van der Waals surface area contributed by atoms with Crippen molar-refractivity contribution in [1.82, 2.24) is 10.2 Å². The second kappa shape index (κ2) is 7.65. The number of likely N-dealkylation sites (N-methyl/N-ethyl adjacent to an activating group) is 1. The fourth-order valence-corrected chi connectivity index (χ4v) is 2.99. The Morgan fingerprint density at radius 1 is 1.35 bits per heavy atom. The maximum atomic E-state index is 5.20. The van der Waals surface area contributed by atoms with Gasteiger partial charge in [-0.3, -0.25) is 4.90 Å². The van der Waals surface area contributed by atoms with E-state index in [2.05, 4.69) is 48.5 Å². The third kappa shape index (κ3) is 4.22. The Labute approximate surface area is 123 Å². The normalized spacial score (nSPS) is 21.6. The zero-order chi connectivity index (χ0) is 14.4. The minimum Gasteiger partial charge on any atom is -0.497 e. The molecule has 1 aromatic rings. The number of methoxy groups -OCH3 is 1. The first-order valence-electron chi connectivity index (χ1n) is 7.77. The van der Waals surface area contributed by atoms with E-state index in [1.807, 2.05) is 0 Å². The summed E-state index contributed by atoms with van der Waals surface area (Å²) < 4.78 is 5.20. The Hall–Kier alpha value is -1.06. The molecule has 0 amide bonds. The highest BCUT2D eigenvalue weighted by atomic mass is 16.5. The average molecular weight is 276 g/mol. The largest absolute Gasteiger partial charge is 0.497 e. The van der Waals surface area contributed by atoms with Gasteiger partial charge in [0, 0.05) is 18.6 Å². The SMILES string of the molecule is CNC1CCCN(C(C)CCc2ccc(OC)cc2)C1. The van der Waals surface area contributed by atoms with Gasteiger partial charge in [-0.05, 0) is 63.9 Å². The Morgan fingerprint density at radius 2 is 2.10 bits per heavy atom. The first-order valence-corrected chi connectivity index (χ1v) is 7.77. The lowest BCUT2D eigenvalue weighted by Gasteiger charge is -2.36. The van der Waals surface area contributed by atoms with Gasteiger partial charge in [0.15, 0.2) is 0 Å². The molecule has 2 atom stereocenters. The van der Waals surface area contributed by atoms with Crippen molar-refractivity contribution in [1.29, 1.82) is 0 Å². The van der Waals surface area contributed by atoms with Crippen molar-refractivity contribution < 1.29 is 4.74 Å². The van der Waals surface area contributed by atoms with Crippen LogP contribution >= 0.6 is 0 Å². The lowest BCUT2D eigenvalue weighted by Crippen LogP contribution is -2.47. The number of rotatable bonds is 6. The molecule has 0 spiro atoms. The molecule has 1 N–H and O–H groups in total. The van der Waals surface area contributed by atoms with Crippen LogP contribution in [0, 0.1) is 0 Å². The zero-order valence-corrected chi connectivity index (χ0v) is 13.1. The zero-order valence-electron chi connectivity index (χ0n) is 13.1. The number of piperidine rings is 1. The molecule has 0 aliphatic carbocycles. The van der Waals surface area contributed by atoms with Crippen LogP contribution in [0.15, 0.2) is 24.3 Å². The topological polar surface area (TPSA) is 24.5 Å². The summed E-state index contributed by atoms with van der Waals surface area (Å²) >= 11 is 0. The van der Waals surface area contributed by atoms with Gasteiger partial charge in [0.25, 0.3) is 0 Å². The summed E-state index contributed by atoms with van der Waals surface area (Å²) in [7, 11) is 3.79. The van der Waals surface area contributed by atoms with Gasteiger partial charge in [0.2, 0.25) is 0 Å². The molecule has 2 rings (SSSR count). The van der Waals surface area contributed by atoms with E-state index in [4.69, 9.17) is 4.74 Å². The van der Waals surface area contributed by atoms with Gasteiger partial charge in [0.05, 0.1) is 7.11 Å². The summed E-state index contributed by atoms with van der Waals surface area (Å²) in [6.07, 6.45) is 5.01. The van der Waals surface area contributed by atoms with Crippen molar-refractivity contribution in [2.75, 3.05) is 27.2 Å². The number of hydrogen-bond donors (Lipinski definition) is 1. The molecule has 112 valence electrons. The molecule has 0 saturated carbocycles. The Bertz CT molecular complexity index is 390. The van der Waals surface area contributed by atoms with Gasteiger partial charge in [0.1, 0.15) is 5.75 Å². The van der Waals surface area contributed by atoms with Crippen LogP contribution in [0.1, 0.15) is 31.7 Å². The standard InChI is InChI=1S/C17H28N2O/c1-14(19-12-4-5-16(13-19)18-2)6-7-15-8-10-17(20-3)11-9-15/h8-11,14,16,18H,4-7,12-13H2,1-3H3. The molecule has 3 nitrogen and oxygen atoms in total. The maximum Gasteiger partial charge on any atom is 0.118 e. The van der Waals surface area contributed by atoms with E-state index >= 15 is 0 Å². The molecule has 1 heterocycles. The molecule has 0 bridgehead atoms. The molecule has 1 aromatic carbocycles. The monoisotopic (exact) mass is 276 g/mol. The van der Waals surface area contributed by atoms with Crippen LogP contribution in [0.2, 0.25) is 0 Å². The van der Waals surface area contributed by atoms with Gasteiger partial charge in [-0.15, -0.1) is 0 Å². The second-order valence-corrected chi connectivity index (χ2v) is 5.86. The molecule has 1 saturated heterocycles. The highest BCUT2D eigenvalue weighted by Gasteiger charge is 2.22. The predicted octanol–water partition coefficient (Wildman–Crippen LogP) is 2.70. The number of likely N-dealkylation sites (tertiary alicyclic amines) is 1. The molecule has 0 radical (unpaired) electrons. The van der Waals surface area contributed by atoms with Crippen molar-refractivity contribution in [2.45, 2.75) is 44.7 Å². The number of nitrogens with one attached hydrogen (secondary N) is 1. The van der Waals surface area contributed by atoms with Crippen molar-refractivity contribution in [3.63, 3.8) is 0 Å². The third-order valence-electron chi connectivity index (χ3n) is 4.49. The van der Waals surface area contributed by atoms with Gasteiger partial charge in [-0.1, -0.05) is 12.1 Å². The van der Waals surface area contributed by atoms with E-state index in [0.717, 1.165) is 12.2 Å². The quantitative estimate of drug-likeness (QED) is 0.864. The van der Waals surface area contributed by atoms with Crippen LogP contribution in [0.5, 0.6) is 5.75 Å². The molecule has 2 unspecified atom stereocenters. The fourth-order valence-electron chi connectivity index (χ4n) is 2.99. The van der Waals surface area contributed by atoms with Crippen LogP contribution in [0.3, 0.4) is 0 Å². The second-order valence-electron chi connectivity index (χ2n) is 5.86. The van der Waals surface area contributed by atoms with E-state index in [1.54, 1.807) is 7.11 Å². The lowest BCUT2D eigenvalue weighted by atomic mass is 10.0. The van der Waals surface area contributed by atoms with Crippen molar-refractivity contribution in [3.05, 3.63) is 29.8 Å². The lowest BCUT2D eigenvalue weighted by molar-refractivity contribution is 0.143. The number of aryl methyl sites for hydroxylation is 1. The first-order chi connectivity index (χ1) is 9.72. The average Bonchev–Trinajstić information content (AvgIpc) is 2.53. The Kier molecular flexibility index (Phi) is 5.86. The summed E-state index contributed by atoms with van der Waals surface area (Å²) in [4.78, 5) is 2.63. The summed E-state index contributed by atoms with van der Waals surface area (Å²) in [5.41, 5.74) is 1.40. The molecule has 1 aliphatic heterocycles. The third-order valence-corrected chi connectivity index (χ3v) is 4.49. The minimum absolute atomic E-state index is 0.660. The molecular weight excluding hydrogens is 248 g/mol. The van der Waals surface area contributed by atoms with E-state index in [0.29, 0.717) is 12.1 Å². The van der Waals surface area contributed by atoms with Crippen LogP contribution < -0.4 is 10.1 Å². The Morgan fingerprint density at radius 3 is 2.75 bits per heavy atom. The summed E-state index contributed by atoms with van der Waals surface area (Å²) in [5.74, 6) is 0.940. The number of nitrogens with zero attached hydrogens (tertiary/aromatic N) is 1. The van der Waals surface area contributed by atoms with E-state index < -0.39 is 0 Å². The summed E-state index contributed by atoms with van der Waals surface area (Å²) in [5, 5.41) is 3.42. The highest BCUT2D eigenvalue weighted by molar-refractivity contribution is 5.27. The van der Waals surface area contributed by atoms with Gasteiger partial charge in [-0.25, -0.2) is 0 Å².